The Morgan fingerprint density at radius 3 is 2.28 bits per heavy atom. The first kappa shape index (κ1) is 13.1. The molecule has 18 heavy (non-hydrogen) atoms. The maximum absolute atomic E-state index is 11.2. The zero-order valence-electron chi connectivity index (χ0n) is 10.3. The van der Waals surface area contributed by atoms with Gasteiger partial charge in [-0.2, -0.15) is 0 Å². The summed E-state index contributed by atoms with van der Waals surface area (Å²) in [5, 5.41) is 0. The topological polar surface area (TPSA) is 40.6 Å². The van der Waals surface area contributed by atoms with Crippen LogP contribution >= 0.6 is 11.9 Å². The van der Waals surface area contributed by atoms with Gasteiger partial charge in [-0.1, -0.05) is 12.1 Å². The van der Waals surface area contributed by atoms with Crippen molar-refractivity contribution in [3.05, 3.63) is 29.8 Å². The first-order chi connectivity index (χ1) is 8.69. The highest BCUT2D eigenvalue weighted by Gasteiger charge is 2.18. The fourth-order valence-electron chi connectivity index (χ4n) is 1.85. The number of aldehydes is 1. The Hall–Kier alpha value is -1.33. The second-order valence-electron chi connectivity index (χ2n) is 4.21. The van der Waals surface area contributed by atoms with E-state index in [0.29, 0.717) is 5.56 Å². The van der Waals surface area contributed by atoms with E-state index in [-0.39, 0.29) is 5.91 Å². The van der Waals surface area contributed by atoms with Crippen LogP contribution in [0.25, 0.3) is 0 Å². The summed E-state index contributed by atoms with van der Waals surface area (Å²) in [5.41, 5.74) is 0.695. The van der Waals surface area contributed by atoms with Gasteiger partial charge in [0.2, 0.25) is 5.91 Å². The quantitative estimate of drug-likeness (QED) is 0.615. The molecule has 0 atom stereocenters. The molecule has 0 aromatic heterocycles. The molecular weight excluding hydrogens is 248 g/mol. The minimum absolute atomic E-state index is 0.148. The molecule has 5 heteroatoms. The van der Waals surface area contributed by atoms with Gasteiger partial charge in [0.15, 0.2) is 0 Å². The Labute approximate surface area is 111 Å². The lowest BCUT2D eigenvalue weighted by molar-refractivity contribution is -0.129. The summed E-state index contributed by atoms with van der Waals surface area (Å²) in [6, 6.07) is 7.54. The van der Waals surface area contributed by atoms with Gasteiger partial charge in [0.1, 0.15) is 6.29 Å². The van der Waals surface area contributed by atoms with Gasteiger partial charge >= 0.3 is 0 Å². The second-order valence-corrected chi connectivity index (χ2v) is 5.38. The molecule has 1 heterocycles. The molecule has 1 aromatic rings. The Balaban J connectivity index is 1.87. The fourth-order valence-corrected chi connectivity index (χ4v) is 2.75. The molecule has 0 aliphatic carbocycles. The van der Waals surface area contributed by atoms with E-state index >= 15 is 0 Å². The van der Waals surface area contributed by atoms with E-state index < -0.39 is 0 Å². The van der Waals surface area contributed by atoms with Gasteiger partial charge in [0.25, 0.3) is 0 Å². The van der Waals surface area contributed by atoms with Gasteiger partial charge in [-0.05, 0) is 24.1 Å². The minimum Gasteiger partial charge on any atom is -0.340 e. The SMILES string of the molecule is CC(=O)N1CCN(Sc2ccc(C=O)cc2)CC1. The van der Waals surface area contributed by atoms with Crippen LogP contribution in [0.4, 0.5) is 0 Å². The number of carbonyl (C=O) groups excluding carboxylic acids is 2. The van der Waals surface area contributed by atoms with E-state index in [1.807, 2.05) is 29.2 Å². The van der Waals surface area contributed by atoms with E-state index in [9.17, 15) is 9.59 Å². The summed E-state index contributed by atoms with van der Waals surface area (Å²) in [4.78, 5) is 24.7. The van der Waals surface area contributed by atoms with Crippen molar-refractivity contribution < 1.29 is 9.59 Å². The third-order valence-electron chi connectivity index (χ3n) is 2.93. The van der Waals surface area contributed by atoms with E-state index in [1.54, 1.807) is 18.9 Å². The van der Waals surface area contributed by atoms with E-state index in [0.717, 1.165) is 37.4 Å². The number of hydrogen-bond donors (Lipinski definition) is 0. The summed E-state index contributed by atoms with van der Waals surface area (Å²) in [5.74, 6) is 0.148. The average molecular weight is 264 g/mol. The number of benzene rings is 1. The Kier molecular flexibility index (Phi) is 4.38. The molecule has 1 saturated heterocycles. The maximum atomic E-state index is 11.2. The lowest BCUT2D eigenvalue weighted by Gasteiger charge is -2.33. The van der Waals surface area contributed by atoms with Crippen molar-refractivity contribution in [3.63, 3.8) is 0 Å². The van der Waals surface area contributed by atoms with Gasteiger partial charge in [-0.3, -0.25) is 9.59 Å². The van der Waals surface area contributed by atoms with Crippen LogP contribution in [0.1, 0.15) is 17.3 Å². The van der Waals surface area contributed by atoms with Gasteiger partial charge in [-0.25, -0.2) is 4.31 Å². The lowest BCUT2D eigenvalue weighted by atomic mass is 10.2. The molecule has 1 amide bonds. The molecule has 0 N–H and O–H groups in total. The highest BCUT2D eigenvalue weighted by molar-refractivity contribution is 7.97. The predicted octanol–water partition coefficient (Wildman–Crippen LogP) is 1.67. The standard InChI is InChI=1S/C13H16N2O2S/c1-11(17)14-6-8-15(9-7-14)18-13-4-2-12(10-16)3-5-13/h2-5,10H,6-9H2,1H3. The fraction of sp³-hybridized carbons (Fsp3) is 0.385. The molecule has 0 radical (unpaired) electrons. The molecule has 0 bridgehead atoms. The molecular formula is C13H16N2O2S. The van der Waals surface area contributed by atoms with Gasteiger partial charge in [0, 0.05) is 43.6 Å². The van der Waals surface area contributed by atoms with E-state index in [2.05, 4.69) is 4.31 Å². The first-order valence-corrected chi connectivity index (χ1v) is 6.70. The van der Waals surface area contributed by atoms with Crippen molar-refractivity contribution in [2.45, 2.75) is 11.8 Å². The third kappa shape index (κ3) is 3.34. The second kappa shape index (κ2) is 6.02. The van der Waals surface area contributed by atoms with Crippen molar-refractivity contribution >= 4 is 24.1 Å². The average Bonchev–Trinajstić information content (AvgIpc) is 2.40. The number of piperazine rings is 1. The predicted molar refractivity (Wildman–Crippen MR) is 71.5 cm³/mol. The normalized spacial score (nSPS) is 16.6. The van der Waals surface area contributed by atoms with Gasteiger partial charge in [0.05, 0.1) is 0 Å². The summed E-state index contributed by atoms with van der Waals surface area (Å²) in [6.45, 7) is 4.93. The largest absolute Gasteiger partial charge is 0.340 e. The van der Waals surface area contributed by atoms with E-state index in [4.69, 9.17) is 0 Å². The maximum Gasteiger partial charge on any atom is 0.219 e. The zero-order chi connectivity index (χ0) is 13.0. The van der Waals surface area contributed by atoms with Crippen LogP contribution in [-0.4, -0.2) is 47.6 Å². The monoisotopic (exact) mass is 264 g/mol. The van der Waals surface area contributed by atoms with Crippen LogP contribution in [-0.2, 0) is 4.79 Å². The van der Waals surface area contributed by atoms with Crippen molar-refractivity contribution in [1.82, 2.24) is 9.21 Å². The summed E-state index contributed by atoms with van der Waals surface area (Å²) >= 11 is 1.68. The molecule has 0 saturated carbocycles. The Morgan fingerprint density at radius 1 is 1.17 bits per heavy atom. The molecule has 1 aliphatic heterocycles. The van der Waals surface area contributed by atoms with Crippen molar-refractivity contribution in [3.8, 4) is 0 Å². The smallest absolute Gasteiger partial charge is 0.219 e. The van der Waals surface area contributed by atoms with Crippen LogP contribution in [0, 0.1) is 0 Å². The highest BCUT2D eigenvalue weighted by Crippen LogP contribution is 2.23. The molecule has 1 aromatic carbocycles. The summed E-state index contributed by atoms with van der Waals surface area (Å²) in [7, 11) is 0. The molecule has 1 aliphatic rings. The van der Waals surface area contributed by atoms with E-state index in [1.165, 1.54) is 0 Å². The van der Waals surface area contributed by atoms with Crippen LogP contribution in [0.2, 0.25) is 0 Å². The number of nitrogens with zero attached hydrogens (tertiary/aromatic N) is 2. The number of rotatable bonds is 3. The molecule has 0 spiro atoms. The zero-order valence-corrected chi connectivity index (χ0v) is 11.2. The number of amides is 1. The molecule has 1 fully saturated rings. The Morgan fingerprint density at radius 2 is 1.78 bits per heavy atom. The van der Waals surface area contributed by atoms with Crippen molar-refractivity contribution in [2.24, 2.45) is 0 Å². The van der Waals surface area contributed by atoms with Crippen molar-refractivity contribution in [2.75, 3.05) is 26.2 Å². The van der Waals surface area contributed by atoms with Gasteiger partial charge in [-0.15, -0.1) is 0 Å². The minimum atomic E-state index is 0.148. The summed E-state index contributed by atoms with van der Waals surface area (Å²) in [6.07, 6.45) is 0.847. The third-order valence-corrected chi connectivity index (χ3v) is 4.04. The molecule has 2 rings (SSSR count). The summed E-state index contributed by atoms with van der Waals surface area (Å²) < 4.78 is 2.25. The van der Waals surface area contributed by atoms with Gasteiger partial charge < -0.3 is 4.90 Å². The molecule has 4 nitrogen and oxygen atoms in total. The van der Waals surface area contributed by atoms with Crippen molar-refractivity contribution in [1.29, 1.82) is 0 Å². The van der Waals surface area contributed by atoms with Crippen LogP contribution in [0.15, 0.2) is 29.2 Å². The number of hydrogen-bond acceptors (Lipinski definition) is 4. The van der Waals surface area contributed by atoms with Crippen LogP contribution in [0.5, 0.6) is 0 Å². The van der Waals surface area contributed by atoms with Crippen LogP contribution in [0.3, 0.4) is 0 Å². The highest BCUT2D eigenvalue weighted by atomic mass is 32.2. The molecule has 96 valence electrons. The lowest BCUT2D eigenvalue weighted by Crippen LogP contribution is -2.45. The van der Waals surface area contributed by atoms with Crippen LogP contribution < -0.4 is 0 Å². The number of carbonyl (C=O) groups is 2. The Bertz CT molecular complexity index is 425. The first-order valence-electron chi connectivity index (χ1n) is 5.93. The molecule has 0 unspecified atom stereocenters.